The van der Waals surface area contributed by atoms with E-state index in [0.717, 1.165) is 5.56 Å². The van der Waals surface area contributed by atoms with E-state index in [1.54, 1.807) is 43.3 Å². The lowest BCUT2D eigenvalue weighted by Gasteiger charge is -2.07. The Morgan fingerprint density at radius 1 is 1.14 bits per heavy atom. The SMILES string of the molecule is CCOC(=O)c1cccc(NC(=O)Cc2ccc(N)cc2)c1. The van der Waals surface area contributed by atoms with E-state index in [0.29, 0.717) is 23.5 Å². The molecule has 0 aliphatic carbocycles. The van der Waals surface area contributed by atoms with Crippen molar-refractivity contribution < 1.29 is 14.3 Å². The predicted molar refractivity (Wildman–Crippen MR) is 85.6 cm³/mol. The highest BCUT2D eigenvalue weighted by Crippen LogP contribution is 2.13. The van der Waals surface area contributed by atoms with E-state index >= 15 is 0 Å². The smallest absolute Gasteiger partial charge is 0.338 e. The lowest BCUT2D eigenvalue weighted by atomic mass is 10.1. The lowest BCUT2D eigenvalue weighted by molar-refractivity contribution is -0.115. The van der Waals surface area contributed by atoms with Crippen LogP contribution in [0.5, 0.6) is 0 Å². The highest BCUT2D eigenvalue weighted by Gasteiger charge is 2.09. The number of hydrogen-bond acceptors (Lipinski definition) is 4. The Kier molecular flexibility index (Phi) is 5.14. The Bertz CT molecular complexity index is 666. The molecule has 22 heavy (non-hydrogen) atoms. The van der Waals surface area contributed by atoms with Gasteiger partial charge in [-0.3, -0.25) is 4.79 Å². The average molecular weight is 298 g/mol. The predicted octanol–water partition coefficient (Wildman–Crippen LogP) is 2.63. The molecule has 0 aliphatic rings. The zero-order valence-electron chi connectivity index (χ0n) is 12.3. The van der Waals surface area contributed by atoms with Crippen molar-refractivity contribution in [1.29, 1.82) is 0 Å². The summed E-state index contributed by atoms with van der Waals surface area (Å²) in [5, 5.41) is 2.76. The van der Waals surface area contributed by atoms with E-state index in [2.05, 4.69) is 5.32 Å². The summed E-state index contributed by atoms with van der Waals surface area (Å²) in [5.41, 5.74) is 8.10. The molecule has 0 unspecified atom stereocenters. The molecule has 0 saturated carbocycles. The zero-order chi connectivity index (χ0) is 15.9. The number of carbonyl (C=O) groups is 2. The van der Waals surface area contributed by atoms with E-state index in [1.165, 1.54) is 0 Å². The highest BCUT2D eigenvalue weighted by atomic mass is 16.5. The third kappa shape index (κ3) is 4.34. The monoisotopic (exact) mass is 298 g/mol. The molecule has 0 heterocycles. The minimum Gasteiger partial charge on any atom is -0.462 e. The van der Waals surface area contributed by atoms with Gasteiger partial charge in [0.2, 0.25) is 5.91 Å². The Morgan fingerprint density at radius 2 is 1.86 bits per heavy atom. The van der Waals surface area contributed by atoms with E-state index in [4.69, 9.17) is 10.5 Å². The molecule has 2 aromatic rings. The molecule has 1 amide bonds. The molecule has 114 valence electrons. The van der Waals surface area contributed by atoms with Crippen LogP contribution in [0.15, 0.2) is 48.5 Å². The number of hydrogen-bond donors (Lipinski definition) is 2. The van der Waals surface area contributed by atoms with Gasteiger partial charge < -0.3 is 15.8 Å². The quantitative estimate of drug-likeness (QED) is 0.656. The first-order valence-electron chi connectivity index (χ1n) is 7.00. The van der Waals surface area contributed by atoms with Crippen molar-refractivity contribution in [3.63, 3.8) is 0 Å². The van der Waals surface area contributed by atoms with Gasteiger partial charge in [0.25, 0.3) is 0 Å². The summed E-state index contributed by atoms with van der Waals surface area (Å²) in [5.74, 6) is -0.567. The molecule has 3 N–H and O–H groups in total. The average Bonchev–Trinajstić information content (AvgIpc) is 2.50. The van der Waals surface area contributed by atoms with E-state index in [9.17, 15) is 9.59 Å². The van der Waals surface area contributed by atoms with Gasteiger partial charge in [0.1, 0.15) is 0 Å². The maximum absolute atomic E-state index is 12.0. The van der Waals surface area contributed by atoms with E-state index < -0.39 is 5.97 Å². The number of nitrogen functional groups attached to an aromatic ring is 1. The number of anilines is 2. The normalized spacial score (nSPS) is 10.0. The summed E-state index contributed by atoms with van der Waals surface area (Å²) in [7, 11) is 0. The highest BCUT2D eigenvalue weighted by molar-refractivity contribution is 5.95. The van der Waals surface area contributed by atoms with Crippen LogP contribution in [-0.2, 0) is 16.0 Å². The molecule has 0 bridgehead atoms. The number of ether oxygens (including phenoxy) is 1. The summed E-state index contributed by atoms with van der Waals surface area (Å²) in [6, 6.07) is 13.8. The molecule has 0 radical (unpaired) electrons. The summed E-state index contributed by atoms with van der Waals surface area (Å²) in [6.07, 6.45) is 0.240. The second-order valence-corrected chi connectivity index (χ2v) is 4.77. The minimum atomic E-state index is -0.405. The van der Waals surface area contributed by atoms with Crippen LogP contribution in [0.2, 0.25) is 0 Å². The summed E-state index contributed by atoms with van der Waals surface area (Å²) in [6.45, 7) is 2.06. The van der Waals surface area contributed by atoms with Crippen LogP contribution >= 0.6 is 0 Å². The third-order valence-corrected chi connectivity index (χ3v) is 3.00. The molecule has 2 rings (SSSR count). The molecule has 5 heteroatoms. The van der Waals surface area contributed by atoms with Gasteiger partial charge in [0, 0.05) is 11.4 Å². The van der Waals surface area contributed by atoms with Crippen LogP contribution in [0.3, 0.4) is 0 Å². The fourth-order valence-electron chi connectivity index (χ4n) is 1.96. The first-order valence-corrected chi connectivity index (χ1v) is 7.00. The number of nitrogens with one attached hydrogen (secondary N) is 1. The van der Waals surface area contributed by atoms with Gasteiger partial charge in [-0.05, 0) is 42.8 Å². The number of amides is 1. The number of carbonyl (C=O) groups excluding carboxylic acids is 2. The van der Waals surface area contributed by atoms with Crippen LogP contribution < -0.4 is 11.1 Å². The van der Waals surface area contributed by atoms with Crippen molar-refractivity contribution in [2.75, 3.05) is 17.7 Å². The fourth-order valence-corrected chi connectivity index (χ4v) is 1.96. The Morgan fingerprint density at radius 3 is 2.55 bits per heavy atom. The number of benzene rings is 2. The van der Waals surface area contributed by atoms with Gasteiger partial charge in [-0.1, -0.05) is 18.2 Å². The first kappa shape index (κ1) is 15.6. The van der Waals surface area contributed by atoms with Gasteiger partial charge in [0.05, 0.1) is 18.6 Å². The molecular formula is C17H18N2O3. The van der Waals surface area contributed by atoms with Crippen LogP contribution in [0.4, 0.5) is 11.4 Å². The fraction of sp³-hybridized carbons (Fsp3) is 0.176. The van der Waals surface area contributed by atoms with Crippen molar-refractivity contribution in [3.8, 4) is 0 Å². The van der Waals surface area contributed by atoms with Crippen LogP contribution in [0, 0.1) is 0 Å². The topological polar surface area (TPSA) is 81.4 Å². The molecule has 5 nitrogen and oxygen atoms in total. The van der Waals surface area contributed by atoms with Gasteiger partial charge in [0.15, 0.2) is 0 Å². The van der Waals surface area contributed by atoms with Crippen molar-refractivity contribution in [3.05, 3.63) is 59.7 Å². The van der Waals surface area contributed by atoms with Gasteiger partial charge in [-0.2, -0.15) is 0 Å². The Balaban J connectivity index is 2.00. The maximum atomic E-state index is 12.0. The number of nitrogens with two attached hydrogens (primary N) is 1. The molecule has 0 aliphatic heterocycles. The third-order valence-electron chi connectivity index (χ3n) is 3.00. The molecule has 0 atom stereocenters. The minimum absolute atomic E-state index is 0.161. The molecule has 0 aromatic heterocycles. The first-order chi connectivity index (χ1) is 10.6. The molecule has 2 aromatic carbocycles. The van der Waals surface area contributed by atoms with E-state index in [1.807, 2.05) is 12.1 Å². The van der Waals surface area contributed by atoms with Crippen molar-refractivity contribution in [1.82, 2.24) is 0 Å². The van der Waals surface area contributed by atoms with Crippen LogP contribution in [0.25, 0.3) is 0 Å². The summed E-state index contributed by atoms with van der Waals surface area (Å²) in [4.78, 5) is 23.7. The van der Waals surface area contributed by atoms with Crippen molar-refractivity contribution in [2.24, 2.45) is 0 Å². The lowest BCUT2D eigenvalue weighted by Crippen LogP contribution is -2.15. The summed E-state index contributed by atoms with van der Waals surface area (Å²) < 4.78 is 4.93. The Hall–Kier alpha value is -2.82. The Labute approximate surface area is 129 Å². The molecule has 0 saturated heterocycles. The largest absolute Gasteiger partial charge is 0.462 e. The van der Waals surface area contributed by atoms with Crippen molar-refractivity contribution in [2.45, 2.75) is 13.3 Å². The van der Waals surface area contributed by atoms with Crippen LogP contribution in [0.1, 0.15) is 22.8 Å². The van der Waals surface area contributed by atoms with Crippen molar-refractivity contribution >= 4 is 23.3 Å². The number of esters is 1. The van der Waals surface area contributed by atoms with E-state index in [-0.39, 0.29) is 12.3 Å². The zero-order valence-corrected chi connectivity index (χ0v) is 12.3. The molecule has 0 spiro atoms. The molecular weight excluding hydrogens is 280 g/mol. The van der Waals surface area contributed by atoms with Gasteiger partial charge in [-0.25, -0.2) is 4.79 Å². The maximum Gasteiger partial charge on any atom is 0.338 e. The summed E-state index contributed by atoms with van der Waals surface area (Å²) >= 11 is 0. The van der Waals surface area contributed by atoms with Gasteiger partial charge in [-0.15, -0.1) is 0 Å². The van der Waals surface area contributed by atoms with Gasteiger partial charge >= 0.3 is 5.97 Å². The number of rotatable bonds is 5. The van der Waals surface area contributed by atoms with Crippen LogP contribution in [-0.4, -0.2) is 18.5 Å². The second-order valence-electron chi connectivity index (χ2n) is 4.77. The standard InChI is InChI=1S/C17H18N2O3/c1-2-22-17(21)13-4-3-5-15(11-13)19-16(20)10-12-6-8-14(18)9-7-12/h3-9,11H,2,10,18H2,1H3,(H,19,20). The molecule has 0 fully saturated rings. The second kappa shape index (κ2) is 7.26.